The van der Waals surface area contributed by atoms with Gasteiger partial charge in [-0.25, -0.2) is 0 Å². The number of hydrogen-bond donors (Lipinski definition) is 0. The lowest BCUT2D eigenvalue weighted by Crippen LogP contribution is -1.99. The van der Waals surface area contributed by atoms with E-state index in [4.69, 9.17) is 4.74 Å². The molecule has 0 atom stereocenters. The molecule has 0 aromatic heterocycles. The SMILES string of the molecule is CCCCc1ccc(N=Nc2ccc(OCCC)cc2)cc1.CN(C)C. The zero-order chi connectivity index (χ0) is 19.2. The van der Waals surface area contributed by atoms with Crippen LogP contribution < -0.4 is 4.74 Å². The minimum absolute atomic E-state index is 0.741. The molecule has 0 N–H and O–H groups in total. The first-order chi connectivity index (χ1) is 12.5. The number of unbranched alkanes of at least 4 members (excludes halogenated alkanes) is 1. The molecule has 0 aliphatic heterocycles. The fourth-order valence-corrected chi connectivity index (χ4v) is 2.05. The van der Waals surface area contributed by atoms with Crippen molar-refractivity contribution in [3.8, 4) is 5.75 Å². The zero-order valence-corrected chi connectivity index (χ0v) is 16.9. The molecule has 4 nitrogen and oxygen atoms in total. The topological polar surface area (TPSA) is 37.2 Å². The summed E-state index contributed by atoms with van der Waals surface area (Å²) in [4.78, 5) is 2.00. The standard InChI is InChI=1S/C19H24N2O.C3H9N/c1-3-5-6-16-7-9-17(10-8-16)20-21-18-11-13-19(14-12-18)22-15-4-2;1-4(2)3/h7-14H,3-6,15H2,1-2H3;1-3H3. The number of benzene rings is 2. The summed E-state index contributed by atoms with van der Waals surface area (Å²) in [5, 5.41) is 8.53. The molecule has 0 aliphatic carbocycles. The predicted molar refractivity (Wildman–Crippen MR) is 111 cm³/mol. The number of nitrogens with zero attached hydrogens (tertiary/aromatic N) is 3. The lowest BCUT2D eigenvalue weighted by atomic mass is 10.1. The average molecular weight is 356 g/mol. The van der Waals surface area contributed by atoms with Crippen molar-refractivity contribution in [2.75, 3.05) is 27.7 Å². The van der Waals surface area contributed by atoms with Crippen molar-refractivity contribution in [2.45, 2.75) is 39.5 Å². The summed E-state index contributed by atoms with van der Waals surface area (Å²) < 4.78 is 5.55. The Hall–Kier alpha value is -2.20. The Labute approximate surface area is 158 Å². The minimum Gasteiger partial charge on any atom is -0.494 e. The average Bonchev–Trinajstić information content (AvgIpc) is 2.64. The van der Waals surface area contributed by atoms with Crippen LogP contribution in [0.4, 0.5) is 11.4 Å². The summed E-state index contributed by atoms with van der Waals surface area (Å²) in [5.74, 6) is 0.876. The number of rotatable bonds is 8. The molecule has 0 radical (unpaired) electrons. The van der Waals surface area contributed by atoms with Crippen molar-refractivity contribution in [1.29, 1.82) is 0 Å². The summed E-state index contributed by atoms with van der Waals surface area (Å²) in [5.41, 5.74) is 3.07. The van der Waals surface area contributed by atoms with E-state index in [9.17, 15) is 0 Å². The van der Waals surface area contributed by atoms with Gasteiger partial charge in [-0.05, 0) is 82.4 Å². The second kappa shape index (κ2) is 13.1. The van der Waals surface area contributed by atoms with Crippen LogP contribution in [0.2, 0.25) is 0 Å². The van der Waals surface area contributed by atoms with Crippen molar-refractivity contribution in [3.05, 3.63) is 54.1 Å². The Balaban J connectivity index is 0.000000765. The molecule has 0 unspecified atom stereocenters. The molecule has 0 saturated heterocycles. The highest BCUT2D eigenvalue weighted by atomic mass is 16.5. The lowest BCUT2D eigenvalue weighted by molar-refractivity contribution is 0.317. The molecule has 2 aromatic carbocycles. The molecule has 142 valence electrons. The first kappa shape index (κ1) is 21.8. The van der Waals surface area contributed by atoms with Gasteiger partial charge >= 0.3 is 0 Å². The second-order valence-corrected chi connectivity index (χ2v) is 6.65. The van der Waals surface area contributed by atoms with Crippen LogP contribution in [0.3, 0.4) is 0 Å². The number of hydrogen-bond acceptors (Lipinski definition) is 4. The van der Waals surface area contributed by atoms with Gasteiger partial charge in [-0.15, -0.1) is 0 Å². The monoisotopic (exact) mass is 355 g/mol. The predicted octanol–water partition coefficient (Wildman–Crippen LogP) is 6.41. The highest BCUT2D eigenvalue weighted by Gasteiger charge is 1.96. The third-order valence-corrected chi connectivity index (χ3v) is 3.35. The number of ether oxygens (including phenoxy) is 1. The first-order valence-corrected chi connectivity index (χ1v) is 9.39. The molecule has 0 spiro atoms. The van der Waals surface area contributed by atoms with Crippen LogP contribution in [0.25, 0.3) is 0 Å². The summed E-state index contributed by atoms with van der Waals surface area (Å²) in [7, 11) is 6.00. The summed E-state index contributed by atoms with van der Waals surface area (Å²) >= 11 is 0. The fraction of sp³-hybridized carbons (Fsp3) is 0.455. The molecule has 0 saturated carbocycles. The summed E-state index contributed by atoms with van der Waals surface area (Å²) in [6.45, 7) is 5.04. The second-order valence-electron chi connectivity index (χ2n) is 6.65. The van der Waals surface area contributed by atoms with Crippen molar-refractivity contribution in [3.63, 3.8) is 0 Å². The van der Waals surface area contributed by atoms with E-state index in [-0.39, 0.29) is 0 Å². The van der Waals surface area contributed by atoms with Crippen LogP contribution in [0, 0.1) is 0 Å². The molecule has 0 bridgehead atoms. The van der Waals surface area contributed by atoms with Crippen LogP contribution in [0.5, 0.6) is 5.75 Å². The van der Waals surface area contributed by atoms with E-state index in [1.165, 1.54) is 18.4 Å². The molecule has 0 aliphatic rings. The smallest absolute Gasteiger partial charge is 0.119 e. The van der Waals surface area contributed by atoms with E-state index in [1.54, 1.807) is 0 Å². The lowest BCUT2D eigenvalue weighted by Gasteiger charge is -2.03. The highest BCUT2D eigenvalue weighted by molar-refractivity contribution is 5.43. The maximum absolute atomic E-state index is 5.55. The largest absolute Gasteiger partial charge is 0.494 e. The van der Waals surface area contributed by atoms with Crippen molar-refractivity contribution >= 4 is 11.4 Å². The van der Waals surface area contributed by atoms with Gasteiger partial charge in [0.2, 0.25) is 0 Å². The van der Waals surface area contributed by atoms with Crippen LogP contribution >= 0.6 is 0 Å². The Morgan fingerprint density at radius 3 is 1.73 bits per heavy atom. The number of aryl methyl sites for hydroxylation is 1. The summed E-state index contributed by atoms with van der Waals surface area (Å²) in [6.07, 6.45) is 4.59. The van der Waals surface area contributed by atoms with Gasteiger partial charge in [-0.2, -0.15) is 10.2 Å². The maximum atomic E-state index is 5.55. The molecule has 0 amide bonds. The van der Waals surface area contributed by atoms with Crippen LogP contribution in [0.15, 0.2) is 58.8 Å². The molecule has 26 heavy (non-hydrogen) atoms. The van der Waals surface area contributed by atoms with Gasteiger partial charge < -0.3 is 9.64 Å². The molecule has 0 heterocycles. The number of azo groups is 1. The third-order valence-electron chi connectivity index (χ3n) is 3.35. The quantitative estimate of drug-likeness (QED) is 0.513. The highest BCUT2D eigenvalue weighted by Crippen LogP contribution is 2.22. The molecule has 2 aromatic rings. The van der Waals surface area contributed by atoms with Crippen molar-refractivity contribution in [1.82, 2.24) is 4.90 Å². The van der Waals surface area contributed by atoms with Gasteiger partial charge in [-0.1, -0.05) is 32.4 Å². The minimum atomic E-state index is 0.741. The van der Waals surface area contributed by atoms with E-state index in [2.05, 4.69) is 36.2 Å². The maximum Gasteiger partial charge on any atom is 0.119 e. The third kappa shape index (κ3) is 9.94. The first-order valence-electron chi connectivity index (χ1n) is 9.39. The fourth-order valence-electron chi connectivity index (χ4n) is 2.05. The van der Waals surface area contributed by atoms with Crippen LogP contribution in [-0.2, 0) is 6.42 Å². The van der Waals surface area contributed by atoms with Gasteiger partial charge in [0.25, 0.3) is 0 Å². The van der Waals surface area contributed by atoms with E-state index in [1.807, 2.05) is 62.4 Å². The van der Waals surface area contributed by atoms with Gasteiger partial charge in [-0.3, -0.25) is 0 Å². The molecular formula is C22H33N3O. The van der Waals surface area contributed by atoms with Crippen molar-refractivity contribution < 1.29 is 4.74 Å². The normalized spacial score (nSPS) is 10.7. The van der Waals surface area contributed by atoms with Crippen LogP contribution in [0.1, 0.15) is 38.7 Å². The van der Waals surface area contributed by atoms with Gasteiger partial charge in [0.1, 0.15) is 5.75 Å². The molecule has 4 heteroatoms. The van der Waals surface area contributed by atoms with Crippen LogP contribution in [-0.4, -0.2) is 32.6 Å². The Kier molecular flexibility index (Phi) is 11.0. The Morgan fingerprint density at radius 2 is 1.27 bits per heavy atom. The van der Waals surface area contributed by atoms with E-state index >= 15 is 0 Å². The van der Waals surface area contributed by atoms with Gasteiger partial charge in [0.05, 0.1) is 18.0 Å². The molecule has 0 fully saturated rings. The Morgan fingerprint density at radius 1 is 0.769 bits per heavy atom. The van der Waals surface area contributed by atoms with Gasteiger partial charge in [0.15, 0.2) is 0 Å². The summed E-state index contributed by atoms with van der Waals surface area (Å²) in [6, 6.07) is 16.0. The van der Waals surface area contributed by atoms with Crippen molar-refractivity contribution in [2.24, 2.45) is 10.2 Å². The van der Waals surface area contributed by atoms with E-state index < -0.39 is 0 Å². The molecular weight excluding hydrogens is 322 g/mol. The Bertz CT molecular complexity index is 563. The van der Waals surface area contributed by atoms with Gasteiger partial charge in [0, 0.05) is 0 Å². The van der Waals surface area contributed by atoms with E-state index in [0.29, 0.717) is 0 Å². The zero-order valence-electron chi connectivity index (χ0n) is 16.9. The van der Waals surface area contributed by atoms with E-state index in [0.717, 1.165) is 36.6 Å². The molecule has 2 rings (SSSR count).